The van der Waals surface area contributed by atoms with Gasteiger partial charge in [-0.1, -0.05) is 49.1 Å². The van der Waals surface area contributed by atoms with E-state index in [0.717, 1.165) is 28.9 Å². The quantitative estimate of drug-likeness (QED) is 0.376. The number of ether oxygens (including phenoxy) is 1. The number of amides is 3. The zero-order valence-corrected chi connectivity index (χ0v) is 19.7. The second kappa shape index (κ2) is 11.4. The van der Waals surface area contributed by atoms with Crippen LogP contribution in [0.2, 0.25) is 0 Å². The minimum atomic E-state index is -1.02. The summed E-state index contributed by atoms with van der Waals surface area (Å²) in [7, 11) is 0. The van der Waals surface area contributed by atoms with Gasteiger partial charge in [-0.2, -0.15) is 0 Å². The number of alkyl carbamates (subject to hydrolysis) is 1. The molecule has 2 N–H and O–H groups in total. The lowest BCUT2D eigenvalue weighted by Gasteiger charge is -2.29. The lowest BCUT2D eigenvalue weighted by molar-refractivity contribution is -0.138. The molecule has 0 radical (unpaired) electrons. The van der Waals surface area contributed by atoms with Crippen LogP contribution in [0.15, 0.2) is 18.2 Å². The van der Waals surface area contributed by atoms with Gasteiger partial charge in [0.15, 0.2) is 0 Å². The Morgan fingerprint density at radius 1 is 1.16 bits per heavy atom. The Morgan fingerprint density at radius 2 is 1.74 bits per heavy atom. The molecular formula is C24H35N3O4. The summed E-state index contributed by atoms with van der Waals surface area (Å²) in [4.78, 5) is 39.3. The van der Waals surface area contributed by atoms with Gasteiger partial charge in [-0.05, 0) is 53.5 Å². The minimum absolute atomic E-state index is 0.366. The van der Waals surface area contributed by atoms with Crippen LogP contribution < -0.4 is 10.6 Å². The van der Waals surface area contributed by atoms with Crippen LogP contribution >= 0.6 is 0 Å². The maximum Gasteiger partial charge on any atom is 0.408 e. The third kappa shape index (κ3) is 8.33. The molecule has 2 unspecified atom stereocenters. The molecule has 3 amide bonds. The monoisotopic (exact) mass is 429 g/mol. The topological polar surface area (TPSA) is 87.7 Å². The van der Waals surface area contributed by atoms with Crippen LogP contribution in [0.3, 0.4) is 0 Å². The standard InChI is InChI=1S/C24H35N3O4/c1-9-11-12-25-21(28)20(19-14-16(3)13-17(4)15-19)27(10-2)22(29)18(5)26-23(30)31-24(6,7)8/h2,13-15,18,20H,9,11-12H2,1,3-8H3,(H,25,28)(H,26,30). The molecule has 1 aromatic rings. The second-order valence-electron chi connectivity index (χ2n) is 8.67. The molecule has 0 spiro atoms. The van der Waals surface area contributed by atoms with Crippen LogP contribution in [0.25, 0.3) is 0 Å². The number of hydrogen-bond acceptors (Lipinski definition) is 4. The van der Waals surface area contributed by atoms with Crippen molar-refractivity contribution in [2.45, 2.75) is 79.0 Å². The molecular weight excluding hydrogens is 394 g/mol. The van der Waals surface area contributed by atoms with E-state index in [-0.39, 0.29) is 5.91 Å². The third-order valence-corrected chi connectivity index (χ3v) is 4.38. The first-order chi connectivity index (χ1) is 14.4. The summed E-state index contributed by atoms with van der Waals surface area (Å²) in [5.74, 6) is -0.947. The highest BCUT2D eigenvalue weighted by Crippen LogP contribution is 2.24. The van der Waals surface area contributed by atoms with Gasteiger partial charge in [0.2, 0.25) is 5.91 Å². The SMILES string of the molecule is C#CN(C(=O)C(C)NC(=O)OC(C)(C)C)C(C(=O)NCCCC)c1cc(C)cc(C)c1. The maximum absolute atomic E-state index is 13.1. The largest absolute Gasteiger partial charge is 0.444 e. The molecule has 0 aliphatic heterocycles. The summed E-state index contributed by atoms with van der Waals surface area (Å²) < 4.78 is 5.21. The van der Waals surface area contributed by atoms with Gasteiger partial charge in [0.1, 0.15) is 17.7 Å². The highest BCUT2D eigenvalue weighted by molar-refractivity contribution is 5.93. The third-order valence-electron chi connectivity index (χ3n) is 4.38. The number of nitrogens with one attached hydrogen (secondary N) is 2. The van der Waals surface area contributed by atoms with Crippen LogP contribution in [-0.2, 0) is 14.3 Å². The van der Waals surface area contributed by atoms with Crippen molar-refractivity contribution in [2.24, 2.45) is 0 Å². The Labute approximate surface area is 185 Å². The number of rotatable bonds is 8. The van der Waals surface area contributed by atoms with E-state index in [1.807, 2.05) is 39.0 Å². The minimum Gasteiger partial charge on any atom is -0.444 e. The average Bonchev–Trinajstić information content (AvgIpc) is 2.62. The van der Waals surface area contributed by atoms with Gasteiger partial charge >= 0.3 is 6.09 Å². The first-order valence-corrected chi connectivity index (χ1v) is 10.5. The number of unbranched alkanes of at least 4 members (excludes halogenated alkanes) is 1. The summed E-state index contributed by atoms with van der Waals surface area (Å²) in [5.41, 5.74) is 1.80. The number of nitrogens with zero attached hydrogens (tertiary/aromatic N) is 1. The molecule has 2 atom stereocenters. The molecule has 170 valence electrons. The number of aryl methyl sites for hydroxylation is 2. The average molecular weight is 430 g/mol. The summed E-state index contributed by atoms with van der Waals surface area (Å²) in [5, 5.41) is 5.35. The summed E-state index contributed by atoms with van der Waals surface area (Å²) in [6.07, 6.45) is 6.68. The molecule has 7 nitrogen and oxygen atoms in total. The summed E-state index contributed by atoms with van der Waals surface area (Å²) >= 11 is 0. The van der Waals surface area contributed by atoms with Crippen molar-refractivity contribution in [1.82, 2.24) is 15.5 Å². The Kier molecular flexibility index (Phi) is 9.57. The highest BCUT2D eigenvalue weighted by Gasteiger charge is 2.34. The molecule has 0 aliphatic carbocycles. The number of hydrogen-bond donors (Lipinski definition) is 2. The molecule has 0 aromatic heterocycles. The van der Waals surface area contributed by atoms with E-state index in [1.165, 1.54) is 6.92 Å². The predicted molar refractivity (Wildman–Crippen MR) is 121 cm³/mol. The van der Waals surface area contributed by atoms with Crippen LogP contribution in [0, 0.1) is 26.3 Å². The Morgan fingerprint density at radius 3 is 2.23 bits per heavy atom. The van der Waals surface area contributed by atoms with E-state index in [1.54, 1.807) is 20.8 Å². The molecule has 1 aromatic carbocycles. The van der Waals surface area contributed by atoms with Gasteiger partial charge in [-0.3, -0.25) is 14.5 Å². The van der Waals surface area contributed by atoms with Gasteiger partial charge in [-0.25, -0.2) is 4.79 Å². The van der Waals surface area contributed by atoms with Gasteiger partial charge in [0.05, 0.1) is 0 Å². The molecule has 0 bridgehead atoms. The van der Waals surface area contributed by atoms with Gasteiger partial charge in [-0.15, -0.1) is 0 Å². The van der Waals surface area contributed by atoms with Gasteiger partial charge in [0.25, 0.3) is 5.91 Å². The van der Waals surface area contributed by atoms with E-state index in [0.29, 0.717) is 12.1 Å². The first-order valence-electron chi connectivity index (χ1n) is 10.5. The summed E-state index contributed by atoms with van der Waals surface area (Å²) in [6.45, 7) is 13.0. The molecule has 0 aliphatic rings. The van der Waals surface area contributed by atoms with Crippen molar-refractivity contribution < 1.29 is 19.1 Å². The number of carbonyl (C=O) groups excluding carboxylic acids is 3. The first kappa shape index (κ1) is 26.0. The fourth-order valence-corrected chi connectivity index (χ4v) is 3.09. The Hall–Kier alpha value is -3.01. The molecule has 31 heavy (non-hydrogen) atoms. The number of benzene rings is 1. The Balaban J connectivity index is 3.20. The fourth-order valence-electron chi connectivity index (χ4n) is 3.09. The zero-order chi connectivity index (χ0) is 23.8. The van der Waals surface area contributed by atoms with Crippen LogP contribution in [0.1, 0.15) is 70.2 Å². The van der Waals surface area contributed by atoms with E-state index in [4.69, 9.17) is 11.2 Å². The Bertz CT molecular complexity index is 816. The second-order valence-corrected chi connectivity index (χ2v) is 8.67. The highest BCUT2D eigenvalue weighted by atomic mass is 16.6. The lowest BCUT2D eigenvalue weighted by atomic mass is 9.99. The predicted octanol–water partition coefficient (Wildman–Crippen LogP) is 3.59. The molecule has 7 heteroatoms. The van der Waals surface area contributed by atoms with Crippen LogP contribution in [0.5, 0.6) is 0 Å². The van der Waals surface area contributed by atoms with Crippen molar-refractivity contribution in [3.05, 3.63) is 34.9 Å². The van der Waals surface area contributed by atoms with E-state index in [9.17, 15) is 14.4 Å². The van der Waals surface area contributed by atoms with E-state index >= 15 is 0 Å². The molecule has 0 saturated heterocycles. The maximum atomic E-state index is 13.1. The van der Waals surface area contributed by atoms with Crippen LogP contribution in [0.4, 0.5) is 4.79 Å². The van der Waals surface area contributed by atoms with Crippen molar-refractivity contribution in [3.8, 4) is 12.5 Å². The normalized spacial score (nSPS) is 12.8. The van der Waals surface area contributed by atoms with Crippen molar-refractivity contribution in [3.63, 3.8) is 0 Å². The zero-order valence-electron chi connectivity index (χ0n) is 19.7. The van der Waals surface area contributed by atoms with Crippen LogP contribution in [-0.4, -0.2) is 41.0 Å². The van der Waals surface area contributed by atoms with Crippen molar-refractivity contribution in [2.75, 3.05) is 6.54 Å². The number of terminal acetylenes is 1. The van der Waals surface area contributed by atoms with Crippen molar-refractivity contribution >= 4 is 17.9 Å². The van der Waals surface area contributed by atoms with Gasteiger partial charge in [0, 0.05) is 12.6 Å². The lowest BCUT2D eigenvalue weighted by Crippen LogP contribution is -2.50. The molecule has 1 rings (SSSR count). The molecule has 0 heterocycles. The van der Waals surface area contributed by atoms with Crippen molar-refractivity contribution in [1.29, 1.82) is 0 Å². The number of carbonyl (C=O) groups is 3. The van der Waals surface area contributed by atoms with Gasteiger partial charge < -0.3 is 15.4 Å². The van der Waals surface area contributed by atoms with E-state index in [2.05, 4.69) is 16.7 Å². The molecule has 0 fully saturated rings. The fraction of sp³-hybridized carbons (Fsp3) is 0.542. The molecule has 0 saturated carbocycles. The summed E-state index contributed by atoms with van der Waals surface area (Å²) in [6, 6.07) is 5.99. The van der Waals surface area contributed by atoms with E-state index < -0.39 is 29.7 Å². The smallest absolute Gasteiger partial charge is 0.408 e.